The molecule has 0 spiro atoms. The van der Waals surface area contributed by atoms with Crippen molar-refractivity contribution < 1.29 is 19.4 Å². The molecule has 0 atom stereocenters. The second-order valence-electron chi connectivity index (χ2n) is 7.17. The molecule has 1 amide bonds. The Labute approximate surface area is 200 Å². The molecule has 0 aliphatic carbocycles. The number of likely N-dealkylation sites (N-methyl/N-ethyl adjacent to an activating group) is 1. The van der Waals surface area contributed by atoms with Gasteiger partial charge in [0, 0.05) is 17.6 Å². The summed E-state index contributed by atoms with van der Waals surface area (Å²) in [4.78, 5) is 30.3. The number of aromatic carboxylic acids is 1. The Morgan fingerprint density at radius 2 is 1.88 bits per heavy atom. The van der Waals surface area contributed by atoms with E-state index < -0.39 is 5.97 Å². The standard InChI is InChI=1S/C25H19ClN2O4S/c1-28-23(29)22(33-25(28)27-19-7-4-6-17(14-19)24(30)31)13-16-9-11-20(12-10-16)32-15-18-5-2-3-8-21(18)26/h2-14H,15H2,1H3,(H,30,31)/b22-13+,27-25?. The number of aliphatic imine (C=N–C) groups is 1. The van der Waals surface area contributed by atoms with Gasteiger partial charge in [-0.25, -0.2) is 9.79 Å². The Hall–Kier alpha value is -3.55. The molecular formula is C25H19ClN2O4S. The second kappa shape index (κ2) is 9.94. The first-order chi connectivity index (χ1) is 15.9. The molecule has 0 bridgehead atoms. The smallest absolute Gasteiger partial charge is 0.335 e. The number of thioether (sulfide) groups is 1. The minimum Gasteiger partial charge on any atom is -0.489 e. The van der Waals surface area contributed by atoms with Crippen molar-refractivity contribution in [1.29, 1.82) is 0 Å². The maximum Gasteiger partial charge on any atom is 0.335 e. The third-order valence-electron chi connectivity index (χ3n) is 4.85. The lowest BCUT2D eigenvalue weighted by atomic mass is 10.2. The molecule has 3 aromatic rings. The molecule has 1 saturated heterocycles. The molecular weight excluding hydrogens is 460 g/mol. The highest BCUT2D eigenvalue weighted by molar-refractivity contribution is 8.18. The van der Waals surface area contributed by atoms with Gasteiger partial charge in [-0.1, -0.05) is 48.0 Å². The Kier molecular flexibility index (Phi) is 6.82. The number of benzene rings is 3. The van der Waals surface area contributed by atoms with Crippen molar-refractivity contribution in [2.24, 2.45) is 4.99 Å². The summed E-state index contributed by atoms with van der Waals surface area (Å²) in [5.74, 6) is -0.507. The number of amides is 1. The molecule has 1 N–H and O–H groups in total. The van der Waals surface area contributed by atoms with Crippen molar-refractivity contribution in [2.45, 2.75) is 6.61 Å². The Morgan fingerprint density at radius 1 is 1.12 bits per heavy atom. The molecule has 1 fully saturated rings. The van der Waals surface area contributed by atoms with Gasteiger partial charge in [0.15, 0.2) is 5.17 Å². The molecule has 0 radical (unpaired) electrons. The molecule has 4 rings (SSSR count). The van der Waals surface area contributed by atoms with Crippen LogP contribution in [0, 0.1) is 0 Å². The van der Waals surface area contributed by atoms with Crippen molar-refractivity contribution in [3.63, 3.8) is 0 Å². The zero-order valence-corrected chi connectivity index (χ0v) is 19.1. The highest BCUT2D eigenvalue weighted by Crippen LogP contribution is 2.33. The third-order valence-corrected chi connectivity index (χ3v) is 6.28. The van der Waals surface area contributed by atoms with Crippen LogP contribution in [0.25, 0.3) is 6.08 Å². The Bertz CT molecular complexity index is 1270. The predicted octanol–water partition coefficient (Wildman–Crippen LogP) is 5.85. The average Bonchev–Trinajstić information content (AvgIpc) is 3.07. The lowest BCUT2D eigenvalue weighted by Gasteiger charge is -2.08. The van der Waals surface area contributed by atoms with Gasteiger partial charge in [0.05, 0.1) is 16.2 Å². The number of carbonyl (C=O) groups is 2. The number of rotatable bonds is 6. The van der Waals surface area contributed by atoms with Gasteiger partial charge in [-0.2, -0.15) is 0 Å². The maximum atomic E-state index is 12.7. The number of ether oxygens (including phenoxy) is 1. The van der Waals surface area contributed by atoms with Crippen LogP contribution in [0.3, 0.4) is 0 Å². The van der Waals surface area contributed by atoms with E-state index in [1.165, 1.54) is 28.8 Å². The first-order valence-electron chi connectivity index (χ1n) is 9.96. The monoisotopic (exact) mass is 478 g/mol. The largest absolute Gasteiger partial charge is 0.489 e. The zero-order chi connectivity index (χ0) is 23.4. The van der Waals surface area contributed by atoms with E-state index in [9.17, 15) is 9.59 Å². The minimum absolute atomic E-state index is 0.140. The first kappa shape index (κ1) is 22.6. The van der Waals surface area contributed by atoms with E-state index in [0.717, 1.165) is 11.1 Å². The van der Waals surface area contributed by atoms with Crippen LogP contribution in [0.2, 0.25) is 5.02 Å². The number of hydrogen-bond donors (Lipinski definition) is 1. The van der Waals surface area contributed by atoms with E-state index in [2.05, 4.69) is 4.99 Å². The van der Waals surface area contributed by atoms with E-state index in [1.54, 1.807) is 25.3 Å². The van der Waals surface area contributed by atoms with E-state index in [0.29, 0.717) is 33.1 Å². The molecule has 1 aliphatic rings. The maximum absolute atomic E-state index is 12.7. The number of halogens is 1. The van der Waals surface area contributed by atoms with Crippen LogP contribution in [0.15, 0.2) is 82.7 Å². The fraction of sp³-hybridized carbons (Fsp3) is 0.0800. The van der Waals surface area contributed by atoms with Crippen molar-refractivity contribution in [2.75, 3.05) is 7.05 Å². The van der Waals surface area contributed by atoms with E-state index in [1.807, 2.05) is 48.5 Å². The van der Waals surface area contributed by atoms with Gasteiger partial charge in [0.25, 0.3) is 5.91 Å². The molecule has 166 valence electrons. The fourth-order valence-electron chi connectivity index (χ4n) is 3.06. The summed E-state index contributed by atoms with van der Waals surface area (Å²) in [6, 6.07) is 21.2. The van der Waals surface area contributed by atoms with Crippen molar-refractivity contribution >= 4 is 52.2 Å². The first-order valence-corrected chi connectivity index (χ1v) is 11.2. The number of hydrogen-bond acceptors (Lipinski definition) is 5. The van der Waals surface area contributed by atoms with E-state index in [-0.39, 0.29) is 11.5 Å². The fourth-order valence-corrected chi connectivity index (χ4v) is 4.24. The number of amidine groups is 1. The topological polar surface area (TPSA) is 79.2 Å². The van der Waals surface area contributed by atoms with Gasteiger partial charge in [-0.15, -0.1) is 0 Å². The van der Waals surface area contributed by atoms with Gasteiger partial charge in [0.1, 0.15) is 12.4 Å². The summed E-state index contributed by atoms with van der Waals surface area (Å²) in [5.41, 5.74) is 2.36. The summed E-state index contributed by atoms with van der Waals surface area (Å²) in [7, 11) is 1.64. The second-order valence-corrected chi connectivity index (χ2v) is 8.59. The van der Waals surface area contributed by atoms with Gasteiger partial charge >= 0.3 is 5.97 Å². The molecule has 1 heterocycles. The number of nitrogens with zero attached hydrogens (tertiary/aromatic N) is 2. The molecule has 0 unspecified atom stereocenters. The summed E-state index contributed by atoms with van der Waals surface area (Å²) in [6.45, 7) is 0.363. The van der Waals surface area contributed by atoms with Crippen LogP contribution in [0.5, 0.6) is 5.75 Å². The van der Waals surface area contributed by atoms with Crippen LogP contribution >= 0.6 is 23.4 Å². The van der Waals surface area contributed by atoms with E-state index >= 15 is 0 Å². The molecule has 33 heavy (non-hydrogen) atoms. The lowest BCUT2D eigenvalue weighted by Crippen LogP contribution is -2.23. The quantitative estimate of drug-likeness (QED) is 0.449. The summed E-state index contributed by atoms with van der Waals surface area (Å²) in [5, 5.41) is 10.3. The molecule has 1 aliphatic heterocycles. The summed E-state index contributed by atoms with van der Waals surface area (Å²) in [6.07, 6.45) is 1.79. The summed E-state index contributed by atoms with van der Waals surface area (Å²) < 4.78 is 5.80. The van der Waals surface area contributed by atoms with Crippen LogP contribution in [0.4, 0.5) is 5.69 Å². The zero-order valence-electron chi connectivity index (χ0n) is 17.6. The van der Waals surface area contributed by atoms with Gasteiger partial charge in [0.2, 0.25) is 0 Å². The number of carbonyl (C=O) groups excluding carboxylic acids is 1. The molecule has 6 nitrogen and oxygen atoms in total. The predicted molar refractivity (Wildman–Crippen MR) is 131 cm³/mol. The van der Waals surface area contributed by atoms with Crippen LogP contribution in [-0.2, 0) is 11.4 Å². The molecule has 0 saturated carbocycles. The van der Waals surface area contributed by atoms with Crippen molar-refractivity contribution in [1.82, 2.24) is 4.90 Å². The summed E-state index contributed by atoms with van der Waals surface area (Å²) >= 11 is 7.40. The average molecular weight is 479 g/mol. The molecule has 3 aromatic carbocycles. The highest BCUT2D eigenvalue weighted by Gasteiger charge is 2.30. The number of carboxylic acids is 1. The normalized spacial score (nSPS) is 15.9. The Morgan fingerprint density at radius 3 is 2.61 bits per heavy atom. The lowest BCUT2D eigenvalue weighted by molar-refractivity contribution is -0.121. The van der Waals surface area contributed by atoms with Crippen molar-refractivity contribution in [3.05, 3.63) is 99.4 Å². The minimum atomic E-state index is -1.03. The van der Waals surface area contributed by atoms with Gasteiger partial charge in [-0.3, -0.25) is 9.69 Å². The Balaban J connectivity index is 1.46. The van der Waals surface area contributed by atoms with Crippen LogP contribution in [0.1, 0.15) is 21.5 Å². The van der Waals surface area contributed by atoms with Gasteiger partial charge in [-0.05, 0) is 59.8 Å². The SMILES string of the molecule is CN1C(=O)/C(=C\c2ccc(OCc3ccccc3Cl)cc2)SC1=Nc1cccc(C(=O)O)c1. The van der Waals surface area contributed by atoms with E-state index in [4.69, 9.17) is 21.4 Å². The number of carboxylic acid groups (broad SMARTS) is 1. The van der Waals surface area contributed by atoms with Crippen molar-refractivity contribution in [3.8, 4) is 5.75 Å². The molecule has 0 aromatic heterocycles. The van der Waals surface area contributed by atoms with Crippen LogP contribution in [-0.4, -0.2) is 34.1 Å². The molecule has 8 heteroatoms. The highest BCUT2D eigenvalue weighted by atomic mass is 35.5. The third kappa shape index (κ3) is 5.45. The van der Waals surface area contributed by atoms with Gasteiger partial charge < -0.3 is 9.84 Å². The van der Waals surface area contributed by atoms with Crippen LogP contribution < -0.4 is 4.74 Å².